The van der Waals surface area contributed by atoms with E-state index in [-0.39, 0.29) is 0 Å². The van der Waals surface area contributed by atoms with E-state index in [0.29, 0.717) is 10.5 Å². The molecule has 1 aromatic rings. The third kappa shape index (κ3) is 1.63. The van der Waals surface area contributed by atoms with Gasteiger partial charge in [0.2, 0.25) is 0 Å². The molecule has 2 fully saturated rings. The quantitative estimate of drug-likeness (QED) is 0.840. The van der Waals surface area contributed by atoms with Gasteiger partial charge in [-0.15, -0.1) is 11.3 Å². The second kappa shape index (κ2) is 3.38. The molecular weight excluding hydrogens is 216 g/mol. The highest BCUT2D eigenvalue weighted by Gasteiger charge is 2.45. The van der Waals surface area contributed by atoms with Gasteiger partial charge in [0.15, 0.2) is 4.47 Å². The van der Waals surface area contributed by atoms with E-state index in [4.69, 9.17) is 11.6 Å². The summed E-state index contributed by atoms with van der Waals surface area (Å²) in [7, 11) is 0. The molecule has 2 nitrogen and oxygen atoms in total. The predicted octanol–water partition coefficient (Wildman–Crippen LogP) is 3.40. The Morgan fingerprint density at radius 3 is 3.21 bits per heavy atom. The lowest BCUT2D eigenvalue weighted by Gasteiger charge is -2.22. The normalized spacial score (nSPS) is 35.1. The molecule has 0 amide bonds. The molecule has 1 aromatic heterocycles. The Kier molecular flexibility index (Phi) is 2.17. The molecule has 2 aliphatic carbocycles. The molecule has 2 aliphatic rings. The lowest BCUT2D eigenvalue weighted by molar-refractivity contribution is 0.439. The number of hydrogen-bond acceptors (Lipinski definition) is 3. The van der Waals surface area contributed by atoms with E-state index in [9.17, 15) is 0 Å². The zero-order valence-corrected chi connectivity index (χ0v) is 9.44. The number of rotatable bonds is 2. The Bertz CT molecular complexity index is 339. The van der Waals surface area contributed by atoms with Gasteiger partial charge in [0.1, 0.15) is 5.82 Å². The summed E-state index contributed by atoms with van der Waals surface area (Å²) in [4.78, 5) is 4.23. The van der Waals surface area contributed by atoms with E-state index in [0.717, 1.165) is 17.7 Å². The summed E-state index contributed by atoms with van der Waals surface area (Å²) in [5.41, 5.74) is 0. The third-order valence-corrected chi connectivity index (χ3v) is 4.37. The molecule has 0 saturated heterocycles. The fourth-order valence-corrected chi connectivity index (χ4v) is 3.30. The summed E-state index contributed by atoms with van der Waals surface area (Å²) in [6.45, 7) is 0. The summed E-state index contributed by atoms with van der Waals surface area (Å²) in [6, 6.07) is 0.659. The summed E-state index contributed by atoms with van der Waals surface area (Å²) in [5, 5.41) is 5.52. The number of hydrogen-bond donors (Lipinski definition) is 1. The van der Waals surface area contributed by atoms with E-state index in [1.54, 1.807) is 0 Å². The SMILES string of the molecule is Clc1nc(NC2CCC[C@H]3C[C@@H]23)cs1. The second-order valence-electron chi connectivity index (χ2n) is 4.33. The van der Waals surface area contributed by atoms with Gasteiger partial charge in [0.25, 0.3) is 0 Å². The molecule has 1 unspecified atom stereocenters. The van der Waals surface area contributed by atoms with Crippen LogP contribution in [-0.4, -0.2) is 11.0 Å². The Hall–Kier alpha value is -0.280. The van der Waals surface area contributed by atoms with Crippen LogP contribution in [0.2, 0.25) is 4.47 Å². The Morgan fingerprint density at radius 1 is 1.50 bits per heavy atom. The number of anilines is 1. The van der Waals surface area contributed by atoms with Crippen molar-refractivity contribution in [1.82, 2.24) is 4.98 Å². The zero-order chi connectivity index (χ0) is 9.54. The number of thiazole rings is 1. The molecule has 3 atom stereocenters. The maximum atomic E-state index is 5.79. The van der Waals surface area contributed by atoms with Crippen LogP contribution in [0.25, 0.3) is 0 Å². The maximum absolute atomic E-state index is 5.79. The fourth-order valence-electron chi connectivity index (χ4n) is 2.60. The maximum Gasteiger partial charge on any atom is 0.185 e. The van der Waals surface area contributed by atoms with Crippen molar-refractivity contribution in [3.05, 3.63) is 9.85 Å². The number of nitrogens with zero attached hydrogens (tertiary/aromatic N) is 1. The van der Waals surface area contributed by atoms with Crippen LogP contribution in [0.3, 0.4) is 0 Å². The van der Waals surface area contributed by atoms with Gasteiger partial charge < -0.3 is 5.32 Å². The van der Waals surface area contributed by atoms with E-state index in [2.05, 4.69) is 10.3 Å². The van der Waals surface area contributed by atoms with Crippen LogP contribution in [0.4, 0.5) is 5.82 Å². The first kappa shape index (κ1) is 8.98. The van der Waals surface area contributed by atoms with Gasteiger partial charge in [-0.25, -0.2) is 4.98 Å². The van der Waals surface area contributed by atoms with E-state index < -0.39 is 0 Å². The average molecular weight is 229 g/mol. The van der Waals surface area contributed by atoms with Gasteiger partial charge in [-0.3, -0.25) is 0 Å². The minimum Gasteiger partial charge on any atom is -0.366 e. The molecule has 4 heteroatoms. The molecule has 0 bridgehead atoms. The molecule has 0 aliphatic heterocycles. The van der Waals surface area contributed by atoms with Crippen LogP contribution < -0.4 is 5.32 Å². The van der Waals surface area contributed by atoms with Gasteiger partial charge in [0, 0.05) is 11.4 Å². The molecule has 76 valence electrons. The molecule has 3 rings (SSSR count). The zero-order valence-electron chi connectivity index (χ0n) is 7.87. The molecule has 1 heterocycles. The van der Waals surface area contributed by atoms with Crippen LogP contribution in [-0.2, 0) is 0 Å². The minimum atomic E-state index is 0.635. The number of fused-ring (bicyclic) bond motifs is 1. The smallest absolute Gasteiger partial charge is 0.185 e. The van der Waals surface area contributed by atoms with Gasteiger partial charge in [-0.1, -0.05) is 24.4 Å². The predicted molar refractivity (Wildman–Crippen MR) is 60.0 cm³/mol. The first-order valence-corrected chi connectivity index (χ1v) is 6.46. The van der Waals surface area contributed by atoms with Crippen molar-refractivity contribution < 1.29 is 0 Å². The highest BCUT2D eigenvalue weighted by molar-refractivity contribution is 7.14. The summed E-state index contributed by atoms with van der Waals surface area (Å²) >= 11 is 7.29. The van der Waals surface area contributed by atoms with E-state index >= 15 is 0 Å². The average Bonchev–Trinajstić information content (AvgIpc) is 2.86. The van der Waals surface area contributed by atoms with Gasteiger partial charge in [-0.05, 0) is 24.7 Å². The molecule has 2 saturated carbocycles. The monoisotopic (exact) mass is 228 g/mol. The molecule has 1 N–H and O–H groups in total. The van der Waals surface area contributed by atoms with Crippen LogP contribution in [0.5, 0.6) is 0 Å². The Morgan fingerprint density at radius 2 is 2.43 bits per heavy atom. The minimum absolute atomic E-state index is 0.635. The van der Waals surface area contributed by atoms with Crippen molar-refractivity contribution in [2.75, 3.05) is 5.32 Å². The van der Waals surface area contributed by atoms with Crippen LogP contribution in [0.1, 0.15) is 25.7 Å². The molecule has 14 heavy (non-hydrogen) atoms. The van der Waals surface area contributed by atoms with Crippen LogP contribution >= 0.6 is 22.9 Å². The molecule has 0 radical (unpaired) electrons. The second-order valence-corrected chi connectivity index (χ2v) is 5.77. The Balaban J connectivity index is 1.66. The summed E-state index contributed by atoms with van der Waals surface area (Å²) in [6.07, 6.45) is 5.54. The first-order chi connectivity index (χ1) is 6.83. The van der Waals surface area contributed by atoms with Crippen molar-refractivity contribution in [3.63, 3.8) is 0 Å². The third-order valence-electron chi connectivity index (χ3n) is 3.39. The lowest BCUT2D eigenvalue weighted by atomic mass is 9.95. The van der Waals surface area contributed by atoms with Gasteiger partial charge >= 0.3 is 0 Å². The van der Waals surface area contributed by atoms with Crippen molar-refractivity contribution in [2.24, 2.45) is 11.8 Å². The van der Waals surface area contributed by atoms with Crippen LogP contribution in [0, 0.1) is 11.8 Å². The summed E-state index contributed by atoms with van der Waals surface area (Å²) < 4.78 is 0.635. The number of nitrogens with one attached hydrogen (secondary N) is 1. The Labute approximate surface area is 92.7 Å². The highest BCUT2D eigenvalue weighted by Crippen LogP contribution is 2.50. The van der Waals surface area contributed by atoms with Crippen LogP contribution in [0.15, 0.2) is 5.38 Å². The topological polar surface area (TPSA) is 24.9 Å². The highest BCUT2D eigenvalue weighted by atomic mass is 35.5. The van der Waals surface area contributed by atoms with Gasteiger partial charge in [-0.2, -0.15) is 0 Å². The lowest BCUT2D eigenvalue weighted by Crippen LogP contribution is -2.25. The van der Waals surface area contributed by atoms with Gasteiger partial charge in [0.05, 0.1) is 0 Å². The van der Waals surface area contributed by atoms with Crippen molar-refractivity contribution >= 4 is 28.8 Å². The molecular formula is C10H13ClN2S. The van der Waals surface area contributed by atoms with Crippen molar-refractivity contribution in [1.29, 1.82) is 0 Å². The van der Waals surface area contributed by atoms with Crippen molar-refractivity contribution in [3.8, 4) is 0 Å². The molecule has 0 aromatic carbocycles. The number of aromatic nitrogens is 1. The largest absolute Gasteiger partial charge is 0.366 e. The standard InChI is InChI=1S/C10H13ClN2S/c11-10-13-9(5-14-10)12-8-3-1-2-6-4-7(6)8/h5-8,12H,1-4H2/t6-,7+,8?/m0/s1. The van der Waals surface area contributed by atoms with Crippen molar-refractivity contribution in [2.45, 2.75) is 31.7 Å². The van der Waals surface area contributed by atoms with E-state index in [1.807, 2.05) is 5.38 Å². The summed E-state index contributed by atoms with van der Waals surface area (Å²) in [5.74, 6) is 2.90. The molecule has 0 spiro atoms. The first-order valence-electron chi connectivity index (χ1n) is 5.20. The number of halogens is 1. The van der Waals surface area contributed by atoms with E-state index in [1.165, 1.54) is 37.0 Å². The fraction of sp³-hybridized carbons (Fsp3) is 0.700.